The van der Waals surface area contributed by atoms with Crippen LogP contribution < -0.4 is 52.4 Å². The molecule has 18 aromatic rings. The van der Waals surface area contributed by atoms with Crippen molar-refractivity contribution in [3.05, 3.63) is 399 Å². The van der Waals surface area contributed by atoms with E-state index >= 15 is 0 Å². The third-order valence-electron chi connectivity index (χ3n) is 25.8. The number of fused-ring (bicyclic) bond motifs is 16. The van der Waals surface area contributed by atoms with Gasteiger partial charge < -0.3 is 19.6 Å². The molecule has 0 aromatic heterocycles. The standard InChI is InChI=1S/C109H78B2N4/c1-108(2,3)76-62-100-104-101(63-76)115(107-82(72-38-17-9-18-39-72)49-30-50-83(107)73-40-19-10-20-41-73)98-68-97-93(67-94(98)111(104)92-53-26-27-54-95(92)113(100)105-79(69-32-11-6-12-33-69)46-29-47-80(105)70-34-13-7-14-35-70)110-91-52-25-28-55-96(91)114-102-65-77(109(4,5)75-58-56-74(57-59-75)84-51-31-48-81(106(84)114)71-36-15-8-16-37-71)64-99(103(102)110)112(97)78-60-61-89-87-44-22-21-42-85(87)86-43-23-24-45-88(86)90(89)66-78/h6-68H,1-5H3. The summed E-state index contributed by atoms with van der Waals surface area (Å²) in [5.41, 5.74) is 38.1. The maximum absolute atomic E-state index is 2.76. The van der Waals surface area contributed by atoms with Crippen LogP contribution in [0.1, 0.15) is 51.3 Å². The summed E-state index contributed by atoms with van der Waals surface area (Å²) in [7, 11) is 0. The zero-order valence-electron chi connectivity index (χ0n) is 64.8. The lowest BCUT2D eigenvalue weighted by Gasteiger charge is -2.48. The first kappa shape index (κ1) is 66.8. The molecule has 0 fully saturated rings. The first-order valence-corrected chi connectivity index (χ1v) is 40.5. The number of benzene rings is 18. The Morgan fingerprint density at radius 3 is 0.948 bits per heavy atom. The van der Waals surface area contributed by atoms with E-state index in [1.54, 1.807) is 0 Å². The Morgan fingerprint density at radius 1 is 0.226 bits per heavy atom. The molecule has 6 aliphatic rings. The van der Waals surface area contributed by atoms with Gasteiger partial charge >= 0.3 is 0 Å². The Labute approximate surface area is 672 Å². The van der Waals surface area contributed by atoms with E-state index in [0.29, 0.717) is 0 Å². The maximum atomic E-state index is 2.76. The van der Waals surface area contributed by atoms with E-state index in [1.165, 1.54) is 115 Å². The highest BCUT2D eigenvalue weighted by Gasteiger charge is 2.51. The zero-order chi connectivity index (χ0) is 76.5. The van der Waals surface area contributed by atoms with Crippen LogP contribution in [0.3, 0.4) is 0 Å². The number of rotatable bonds is 8. The topological polar surface area (TPSA) is 13.0 Å². The molecule has 4 nitrogen and oxygen atoms in total. The van der Waals surface area contributed by atoms with Gasteiger partial charge in [0.05, 0.1) is 17.1 Å². The quantitative estimate of drug-likeness (QED) is 0.111. The number of anilines is 12. The summed E-state index contributed by atoms with van der Waals surface area (Å²) in [5.74, 6) is 0. The van der Waals surface area contributed by atoms with Crippen molar-refractivity contribution in [2.75, 3.05) is 19.6 Å². The van der Waals surface area contributed by atoms with Gasteiger partial charge in [0.2, 0.25) is 0 Å². The normalized spacial score (nSPS) is 13.7. The molecular weight excluding hydrogens is 1390 g/mol. The van der Waals surface area contributed by atoms with Crippen LogP contribution in [-0.4, -0.2) is 13.4 Å². The lowest BCUT2D eigenvalue weighted by molar-refractivity contribution is 0.590. The molecule has 0 unspecified atom stereocenters. The zero-order valence-corrected chi connectivity index (χ0v) is 64.8. The van der Waals surface area contributed by atoms with E-state index in [1.807, 2.05) is 0 Å². The summed E-state index contributed by atoms with van der Waals surface area (Å²) in [4.78, 5) is 10.9. The molecule has 4 bridgehead atoms. The second-order valence-corrected chi connectivity index (χ2v) is 33.4. The third kappa shape index (κ3) is 10.1. The predicted molar refractivity (Wildman–Crippen MR) is 490 cm³/mol. The first-order valence-electron chi connectivity index (χ1n) is 40.5. The van der Waals surface area contributed by atoms with E-state index in [0.717, 1.165) is 101 Å². The van der Waals surface area contributed by atoms with Crippen molar-refractivity contribution in [2.24, 2.45) is 0 Å². The Balaban J connectivity index is 0.897. The number of para-hydroxylation sites is 5. The summed E-state index contributed by atoms with van der Waals surface area (Å²) >= 11 is 0. The molecule has 24 rings (SSSR count). The largest absolute Gasteiger partial charge is 0.311 e. The van der Waals surface area contributed by atoms with Crippen molar-refractivity contribution in [1.82, 2.24) is 0 Å². The molecule has 0 radical (unpaired) electrons. The van der Waals surface area contributed by atoms with Crippen molar-refractivity contribution in [1.29, 1.82) is 0 Å². The predicted octanol–water partition coefficient (Wildman–Crippen LogP) is 25.3. The second-order valence-electron chi connectivity index (χ2n) is 33.4. The van der Waals surface area contributed by atoms with Gasteiger partial charge in [0.1, 0.15) is 0 Å². The maximum Gasteiger partial charge on any atom is 0.252 e. The number of hydrogen-bond donors (Lipinski definition) is 0. The van der Waals surface area contributed by atoms with Crippen LogP contribution in [0.4, 0.5) is 68.2 Å². The molecule has 6 aliphatic heterocycles. The van der Waals surface area contributed by atoms with Crippen molar-refractivity contribution in [3.63, 3.8) is 0 Å². The summed E-state index contributed by atoms with van der Waals surface area (Å²) < 4.78 is 0. The SMILES string of the molecule is CC(C)(C)c1cc2c3c(c1)N(c1c(-c4ccccc4)cccc1-c1ccccc1)c1cc4c(cc1B3c1ccccc1N2c1c(-c2ccccc2)cccc1-c1ccccc1)B1c2ccccc2N2c3cc(cc(c31)N4c1ccc3c4ccccc4c4ccccc4c3c1)C(C)(C)c1ccc(cc1)-c1cccc(-c3ccccc3)c12. The summed E-state index contributed by atoms with van der Waals surface area (Å²) in [5, 5.41) is 7.42. The van der Waals surface area contributed by atoms with Gasteiger partial charge in [-0.25, -0.2) is 0 Å². The van der Waals surface area contributed by atoms with Gasteiger partial charge in [-0.3, -0.25) is 0 Å². The summed E-state index contributed by atoms with van der Waals surface area (Å²) in [6.45, 7) is 11.6. The molecule has 115 heavy (non-hydrogen) atoms. The van der Waals surface area contributed by atoms with E-state index < -0.39 is 5.41 Å². The highest BCUT2D eigenvalue weighted by Crippen LogP contribution is 2.58. The molecule has 6 heteroatoms. The smallest absolute Gasteiger partial charge is 0.252 e. The lowest BCUT2D eigenvalue weighted by atomic mass is 9.30. The molecule has 18 aromatic carbocycles. The minimum Gasteiger partial charge on any atom is -0.311 e. The van der Waals surface area contributed by atoms with Crippen LogP contribution >= 0.6 is 0 Å². The van der Waals surface area contributed by atoms with Crippen molar-refractivity contribution in [3.8, 4) is 66.8 Å². The molecule has 0 saturated carbocycles. The molecule has 0 N–H and O–H groups in total. The van der Waals surface area contributed by atoms with Crippen LogP contribution in [0.15, 0.2) is 382 Å². The molecule has 0 aliphatic carbocycles. The van der Waals surface area contributed by atoms with Gasteiger partial charge in [-0.2, -0.15) is 0 Å². The Bertz CT molecular complexity index is 6900. The van der Waals surface area contributed by atoms with Gasteiger partial charge in [0.15, 0.2) is 0 Å². The van der Waals surface area contributed by atoms with Crippen molar-refractivity contribution >= 4 is 147 Å². The molecule has 0 amide bonds. The Hall–Kier alpha value is -13.9. The summed E-state index contributed by atoms with van der Waals surface area (Å²) in [6.07, 6.45) is 0. The van der Waals surface area contributed by atoms with E-state index in [-0.39, 0.29) is 18.8 Å². The molecular formula is C109H78B2N4. The Kier molecular flexibility index (Phi) is 14.8. The van der Waals surface area contributed by atoms with Crippen molar-refractivity contribution in [2.45, 2.75) is 45.4 Å². The van der Waals surface area contributed by atoms with E-state index in [9.17, 15) is 0 Å². The highest BCUT2D eigenvalue weighted by atomic mass is 15.2. The average Bonchev–Trinajstić information content (AvgIpc) is 1.07. The fourth-order valence-corrected chi connectivity index (χ4v) is 20.3. The van der Waals surface area contributed by atoms with E-state index in [4.69, 9.17) is 0 Å². The molecule has 0 saturated heterocycles. The summed E-state index contributed by atoms with van der Waals surface area (Å²) in [6, 6.07) is 146. The monoisotopic (exact) mass is 1460 g/mol. The average molecular weight is 1470 g/mol. The van der Waals surface area contributed by atoms with Crippen LogP contribution in [0.5, 0.6) is 0 Å². The molecule has 540 valence electrons. The van der Waals surface area contributed by atoms with Crippen LogP contribution in [0, 0.1) is 0 Å². The van der Waals surface area contributed by atoms with Crippen molar-refractivity contribution < 1.29 is 0 Å². The van der Waals surface area contributed by atoms with Gasteiger partial charge in [-0.1, -0.05) is 362 Å². The first-order chi connectivity index (χ1) is 56.5. The van der Waals surface area contributed by atoms with Crippen LogP contribution in [0.25, 0.3) is 99.1 Å². The van der Waals surface area contributed by atoms with Gasteiger partial charge in [-0.15, -0.1) is 0 Å². The number of hydrogen-bond acceptors (Lipinski definition) is 4. The fourth-order valence-electron chi connectivity index (χ4n) is 20.3. The molecule has 6 heterocycles. The highest BCUT2D eigenvalue weighted by molar-refractivity contribution is 7.03. The Morgan fingerprint density at radius 2 is 0.548 bits per heavy atom. The van der Waals surface area contributed by atoms with Gasteiger partial charge in [0, 0.05) is 90.0 Å². The second kappa shape index (κ2) is 25.5. The minimum atomic E-state index is -0.467. The third-order valence-corrected chi connectivity index (χ3v) is 25.8. The number of nitrogens with zero attached hydrogens (tertiary/aromatic N) is 4. The fraction of sp³-hybridized carbons (Fsp3) is 0.0642. The van der Waals surface area contributed by atoms with Gasteiger partial charge in [0.25, 0.3) is 13.4 Å². The lowest BCUT2D eigenvalue weighted by Crippen LogP contribution is -2.65. The van der Waals surface area contributed by atoms with E-state index in [2.05, 4.69) is 436 Å². The van der Waals surface area contributed by atoms with Crippen LogP contribution in [0.2, 0.25) is 0 Å². The minimum absolute atomic E-state index is 0.252. The van der Waals surface area contributed by atoms with Crippen LogP contribution in [-0.2, 0) is 10.8 Å². The molecule has 0 spiro atoms. The molecule has 0 atom stereocenters. The van der Waals surface area contributed by atoms with Gasteiger partial charge in [-0.05, 0) is 175 Å².